The fourth-order valence-corrected chi connectivity index (χ4v) is 3.01. The van der Waals surface area contributed by atoms with E-state index >= 15 is 0 Å². The highest BCUT2D eigenvalue weighted by atomic mass is 15.1. The second-order valence-corrected chi connectivity index (χ2v) is 5.39. The average molecular weight is 241 g/mol. The number of likely N-dealkylation sites (tertiary alicyclic amines) is 1. The summed E-state index contributed by atoms with van der Waals surface area (Å²) in [6.07, 6.45) is 10.3. The molecule has 104 valence electrons. The van der Waals surface area contributed by atoms with Gasteiger partial charge in [-0.3, -0.25) is 0 Å². The molecule has 0 amide bonds. The lowest BCUT2D eigenvalue weighted by atomic mass is 9.73. The van der Waals surface area contributed by atoms with Crippen LogP contribution in [0.15, 0.2) is 0 Å². The molecular formula is C16H35N. The summed E-state index contributed by atoms with van der Waals surface area (Å²) in [5.41, 5.74) is 0.772. The quantitative estimate of drug-likeness (QED) is 0.617. The largest absolute Gasteiger partial charge is 0.303 e. The van der Waals surface area contributed by atoms with Crippen LogP contribution in [0.4, 0.5) is 0 Å². The molecule has 0 unspecified atom stereocenters. The van der Waals surface area contributed by atoms with Crippen LogP contribution in [-0.2, 0) is 0 Å². The Labute approximate surface area is 110 Å². The van der Waals surface area contributed by atoms with Crippen molar-refractivity contribution >= 4 is 0 Å². The second-order valence-electron chi connectivity index (χ2n) is 5.39. The zero-order valence-corrected chi connectivity index (χ0v) is 13.0. The summed E-state index contributed by atoms with van der Waals surface area (Å²) in [7, 11) is 0. The SMILES string of the molecule is CC.CCC.CCN1CCC2(CCCCC2)C1. The standard InChI is InChI=1S/C11H21N.C3H8.C2H6/c1-2-12-9-8-11(10-12)6-4-3-5-7-11;1-3-2;1-2/h2-10H2,1H3;3H2,1-2H3;1-2H3. The Balaban J connectivity index is 0.000000450. The van der Waals surface area contributed by atoms with E-state index in [-0.39, 0.29) is 0 Å². The third-order valence-corrected chi connectivity index (χ3v) is 3.88. The van der Waals surface area contributed by atoms with Crippen LogP contribution in [0.5, 0.6) is 0 Å². The first-order chi connectivity index (χ1) is 8.26. The normalized spacial score (nSPS) is 22.4. The van der Waals surface area contributed by atoms with Crippen molar-refractivity contribution in [3.8, 4) is 0 Å². The van der Waals surface area contributed by atoms with Crippen molar-refractivity contribution in [3.63, 3.8) is 0 Å². The molecule has 0 N–H and O–H groups in total. The predicted molar refractivity (Wildman–Crippen MR) is 79.6 cm³/mol. The van der Waals surface area contributed by atoms with Crippen LogP contribution in [0.3, 0.4) is 0 Å². The fourth-order valence-electron chi connectivity index (χ4n) is 3.01. The van der Waals surface area contributed by atoms with Gasteiger partial charge in [-0.05, 0) is 37.8 Å². The molecule has 1 aliphatic carbocycles. The third-order valence-electron chi connectivity index (χ3n) is 3.88. The van der Waals surface area contributed by atoms with Gasteiger partial charge in [0.15, 0.2) is 0 Å². The Morgan fingerprint density at radius 1 is 0.882 bits per heavy atom. The molecule has 0 bridgehead atoms. The maximum Gasteiger partial charge on any atom is 0.00383 e. The van der Waals surface area contributed by atoms with Crippen molar-refractivity contribution in [2.24, 2.45) is 5.41 Å². The van der Waals surface area contributed by atoms with Crippen molar-refractivity contribution in [3.05, 3.63) is 0 Å². The monoisotopic (exact) mass is 241 g/mol. The van der Waals surface area contributed by atoms with E-state index in [1.807, 2.05) is 13.8 Å². The summed E-state index contributed by atoms with van der Waals surface area (Å²) in [4.78, 5) is 2.63. The van der Waals surface area contributed by atoms with E-state index in [4.69, 9.17) is 0 Å². The van der Waals surface area contributed by atoms with Crippen LogP contribution in [0.1, 0.15) is 79.6 Å². The molecular weight excluding hydrogens is 206 g/mol. The molecule has 1 nitrogen and oxygen atoms in total. The first kappa shape index (κ1) is 17.0. The van der Waals surface area contributed by atoms with Crippen LogP contribution in [-0.4, -0.2) is 24.5 Å². The highest BCUT2D eigenvalue weighted by Crippen LogP contribution is 2.43. The van der Waals surface area contributed by atoms with E-state index in [1.165, 1.54) is 64.6 Å². The van der Waals surface area contributed by atoms with Gasteiger partial charge in [-0.25, -0.2) is 0 Å². The summed E-state index contributed by atoms with van der Waals surface area (Å²) in [5, 5.41) is 0. The Morgan fingerprint density at radius 2 is 1.41 bits per heavy atom. The van der Waals surface area contributed by atoms with Gasteiger partial charge in [0, 0.05) is 6.54 Å². The minimum atomic E-state index is 0.772. The van der Waals surface area contributed by atoms with Crippen molar-refractivity contribution in [1.82, 2.24) is 4.90 Å². The molecule has 0 radical (unpaired) electrons. The molecule has 0 aromatic heterocycles. The number of hydrogen-bond donors (Lipinski definition) is 0. The zero-order chi connectivity index (χ0) is 13.1. The summed E-state index contributed by atoms with van der Waals surface area (Å²) >= 11 is 0. The zero-order valence-electron chi connectivity index (χ0n) is 13.0. The van der Waals surface area contributed by atoms with Crippen LogP contribution >= 0.6 is 0 Å². The average Bonchev–Trinajstić information content (AvgIpc) is 2.77. The molecule has 1 heteroatoms. The molecule has 0 aromatic carbocycles. The molecule has 2 fully saturated rings. The van der Waals surface area contributed by atoms with E-state index in [1.54, 1.807) is 0 Å². The Kier molecular flexibility index (Phi) is 9.91. The lowest BCUT2D eigenvalue weighted by Crippen LogP contribution is -2.29. The van der Waals surface area contributed by atoms with Gasteiger partial charge in [-0.2, -0.15) is 0 Å². The maximum absolute atomic E-state index is 2.63. The van der Waals surface area contributed by atoms with Crippen LogP contribution in [0.2, 0.25) is 0 Å². The highest BCUT2D eigenvalue weighted by molar-refractivity contribution is 4.91. The van der Waals surface area contributed by atoms with Crippen LogP contribution in [0, 0.1) is 5.41 Å². The van der Waals surface area contributed by atoms with E-state index in [2.05, 4.69) is 25.7 Å². The van der Waals surface area contributed by atoms with Gasteiger partial charge in [0.05, 0.1) is 0 Å². The van der Waals surface area contributed by atoms with Gasteiger partial charge in [0.25, 0.3) is 0 Å². The van der Waals surface area contributed by atoms with Crippen LogP contribution < -0.4 is 0 Å². The molecule has 1 saturated heterocycles. The molecule has 0 atom stereocenters. The van der Waals surface area contributed by atoms with Gasteiger partial charge < -0.3 is 4.90 Å². The summed E-state index contributed by atoms with van der Waals surface area (Å²) in [5.74, 6) is 0. The molecule has 2 aliphatic rings. The van der Waals surface area contributed by atoms with Gasteiger partial charge in [0.1, 0.15) is 0 Å². The van der Waals surface area contributed by atoms with Gasteiger partial charge in [-0.1, -0.05) is 60.3 Å². The van der Waals surface area contributed by atoms with Gasteiger partial charge >= 0.3 is 0 Å². The minimum Gasteiger partial charge on any atom is -0.303 e. The highest BCUT2D eigenvalue weighted by Gasteiger charge is 2.37. The molecule has 2 rings (SSSR count). The molecule has 1 saturated carbocycles. The van der Waals surface area contributed by atoms with E-state index in [9.17, 15) is 0 Å². The summed E-state index contributed by atoms with van der Waals surface area (Å²) < 4.78 is 0. The first-order valence-corrected chi connectivity index (χ1v) is 7.98. The number of rotatable bonds is 1. The Bertz CT molecular complexity index is 159. The minimum absolute atomic E-state index is 0.772. The van der Waals surface area contributed by atoms with E-state index in [0.717, 1.165) is 5.41 Å². The maximum atomic E-state index is 2.63. The smallest absolute Gasteiger partial charge is 0.00383 e. The van der Waals surface area contributed by atoms with Crippen molar-refractivity contribution in [1.29, 1.82) is 0 Å². The lowest BCUT2D eigenvalue weighted by molar-refractivity contribution is 0.188. The predicted octanol–water partition coefficient (Wildman–Crippen LogP) is 5.11. The Morgan fingerprint density at radius 3 is 1.82 bits per heavy atom. The van der Waals surface area contributed by atoms with Crippen LogP contribution in [0.25, 0.3) is 0 Å². The molecule has 1 aliphatic heterocycles. The molecule has 1 heterocycles. The topological polar surface area (TPSA) is 3.24 Å². The third kappa shape index (κ3) is 5.90. The molecule has 17 heavy (non-hydrogen) atoms. The molecule has 1 spiro atoms. The van der Waals surface area contributed by atoms with Gasteiger partial charge in [-0.15, -0.1) is 0 Å². The fraction of sp³-hybridized carbons (Fsp3) is 1.00. The number of hydrogen-bond acceptors (Lipinski definition) is 1. The second kappa shape index (κ2) is 9.94. The lowest BCUT2D eigenvalue weighted by Gasteiger charge is -2.33. The van der Waals surface area contributed by atoms with Crippen molar-refractivity contribution in [2.75, 3.05) is 19.6 Å². The first-order valence-electron chi connectivity index (χ1n) is 7.98. The molecule has 0 aromatic rings. The van der Waals surface area contributed by atoms with Crippen molar-refractivity contribution < 1.29 is 0 Å². The van der Waals surface area contributed by atoms with E-state index < -0.39 is 0 Å². The summed E-state index contributed by atoms with van der Waals surface area (Å²) in [6.45, 7) is 14.6. The Hall–Kier alpha value is -0.0400. The number of nitrogens with zero attached hydrogens (tertiary/aromatic N) is 1. The van der Waals surface area contributed by atoms with Crippen molar-refractivity contribution in [2.45, 2.75) is 79.6 Å². The van der Waals surface area contributed by atoms with Gasteiger partial charge in [0.2, 0.25) is 0 Å². The summed E-state index contributed by atoms with van der Waals surface area (Å²) in [6, 6.07) is 0. The van der Waals surface area contributed by atoms with E-state index in [0.29, 0.717) is 0 Å².